The molecule has 1 unspecified atom stereocenters. The number of pyridine rings is 1. The van der Waals surface area contributed by atoms with Crippen molar-refractivity contribution in [1.82, 2.24) is 9.88 Å². The van der Waals surface area contributed by atoms with Gasteiger partial charge in [0.05, 0.1) is 6.07 Å². The van der Waals surface area contributed by atoms with Gasteiger partial charge in [-0.1, -0.05) is 0 Å². The summed E-state index contributed by atoms with van der Waals surface area (Å²) in [6.07, 6.45) is 3.31. The number of aryl methyl sites for hydroxylation is 1. The van der Waals surface area contributed by atoms with Gasteiger partial charge in [-0.3, -0.25) is 23.7 Å². The second-order valence-corrected chi connectivity index (χ2v) is 7.20. The third-order valence-electron chi connectivity index (χ3n) is 5.34. The van der Waals surface area contributed by atoms with Crippen molar-refractivity contribution in [1.29, 1.82) is 5.26 Å². The molecule has 1 aliphatic heterocycles. The van der Waals surface area contributed by atoms with Crippen LogP contribution < -0.4 is 16.2 Å². The predicted molar refractivity (Wildman–Crippen MR) is 98.7 cm³/mol. The molecule has 0 saturated heterocycles. The number of hydrogen-bond donors (Lipinski definition) is 3. The maximum Gasteiger partial charge on any atom is 0.322 e. The Morgan fingerprint density at radius 2 is 2.07 bits per heavy atom. The van der Waals surface area contributed by atoms with Gasteiger partial charge in [0, 0.05) is 18.0 Å². The van der Waals surface area contributed by atoms with E-state index in [1.165, 1.54) is 10.6 Å². The normalized spacial score (nSPS) is 21.6. The zero-order valence-corrected chi connectivity index (χ0v) is 15.3. The van der Waals surface area contributed by atoms with Crippen LogP contribution in [0, 0.1) is 17.2 Å². The first kappa shape index (κ1) is 19.6. The number of amides is 1. The molecule has 2 aliphatic rings. The molecule has 0 bridgehead atoms. The minimum absolute atomic E-state index is 0.110. The second kappa shape index (κ2) is 8.25. The van der Waals surface area contributed by atoms with E-state index < -0.39 is 36.1 Å². The molecule has 0 spiro atoms. The molecule has 3 rings (SSSR count). The molecule has 28 heavy (non-hydrogen) atoms. The number of nitrogens with one attached hydrogen (secondary N) is 2. The molecule has 1 aromatic rings. The molecule has 0 aromatic carbocycles. The fourth-order valence-corrected chi connectivity index (χ4v) is 3.94. The van der Waals surface area contributed by atoms with Crippen LogP contribution in [0.15, 0.2) is 16.9 Å². The quantitative estimate of drug-likeness (QED) is 0.623. The van der Waals surface area contributed by atoms with Crippen LogP contribution in [-0.2, 0) is 20.8 Å². The number of nitriles is 1. The molecule has 0 radical (unpaired) electrons. The largest absolute Gasteiger partial charge is 0.480 e. The van der Waals surface area contributed by atoms with Crippen molar-refractivity contribution < 1.29 is 19.5 Å². The van der Waals surface area contributed by atoms with Gasteiger partial charge in [-0.15, -0.1) is 0 Å². The van der Waals surface area contributed by atoms with Crippen LogP contribution in [0.25, 0.3) is 0 Å². The Kier molecular flexibility index (Phi) is 5.78. The minimum atomic E-state index is -1.10. The third kappa shape index (κ3) is 4.06. The molecule has 1 saturated carbocycles. The number of aromatic nitrogens is 1. The van der Waals surface area contributed by atoms with Crippen LogP contribution in [0.4, 0.5) is 5.69 Å². The van der Waals surface area contributed by atoms with Crippen molar-refractivity contribution in [2.24, 2.45) is 5.92 Å². The Morgan fingerprint density at radius 3 is 2.71 bits per heavy atom. The Labute approximate surface area is 161 Å². The first-order valence-electron chi connectivity index (χ1n) is 9.33. The van der Waals surface area contributed by atoms with Gasteiger partial charge in [0.25, 0.3) is 5.56 Å². The summed E-state index contributed by atoms with van der Waals surface area (Å²) in [6.45, 7) is -0.405. The number of ketones is 1. The number of anilines is 1. The molecule has 1 aliphatic carbocycles. The van der Waals surface area contributed by atoms with E-state index in [1.54, 1.807) is 6.07 Å². The van der Waals surface area contributed by atoms with Gasteiger partial charge in [0.15, 0.2) is 0 Å². The van der Waals surface area contributed by atoms with Crippen molar-refractivity contribution in [3.63, 3.8) is 0 Å². The lowest BCUT2D eigenvalue weighted by Gasteiger charge is -2.19. The lowest BCUT2D eigenvalue weighted by molar-refractivity contribution is -0.135. The third-order valence-corrected chi connectivity index (χ3v) is 5.34. The smallest absolute Gasteiger partial charge is 0.322 e. The molecule has 9 nitrogen and oxygen atoms in total. The van der Waals surface area contributed by atoms with E-state index in [9.17, 15) is 24.4 Å². The number of rotatable bonds is 7. The number of aliphatic carboxylic acids is 1. The summed E-state index contributed by atoms with van der Waals surface area (Å²) in [5, 5.41) is 23.4. The number of fused-ring (bicyclic) bond motifs is 1. The predicted octanol–water partition coefficient (Wildman–Crippen LogP) is 0.600. The average molecular weight is 386 g/mol. The van der Waals surface area contributed by atoms with E-state index in [0.717, 1.165) is 12.8 Å². The van der Waals surface area contributed by atoms with Gasteiger partial charge in [-0.05, 0) is 44.2 Å². The molecular weight excluding hydrogens is 364 g/mol. The highest BCUT2D eigenvalue weighted by atomic mass is 16.4. The summed E-state index contributed by atoms with van der Waals surface area (Å²) in [7, 11) is 0. The summed E-state index contributed by atoms with van der Waals surface area (Å²) in [4.78, 5) is 48.0. The summed E-state index contributed by atoms with van der Waals surface area (Å²) in [6, 6.07) is 3.70. The zero-order chi connectivity index (χ0) is 20.3. The lowest BCUT2D eigenvalue weighted by atomic mass is 9.98. The van der Waals surface area contributed by atoms with Crippen molar-refractivity contribution in [3.8, 4) is 6.07 Å². The minimum Gasteiger partial charge on any atom is -0.480 e. The number of hydrogen-bond acceptors (Lipinski definition) is 6. The summed E-state index contributed by atoms with van der Waals surface area (Å²) in [5.74, 6) is -1.60. The van der Waals surface area contributed by atoms with Crippen LogP contribution >= 0.6 is 0 Å². The molecule has 1 aromatic heterocycles. The van der Waals surface area contributed by atoms with Crippen molar-refractivity contribution >= 4 is 23.3 Å². The fourth-order valence-electron chi connectivity index (χ4n) is 3.94. The lowest BCUT2D eigenvalue weighted by Crippen LogP contribution is -2.42. The molecule has 148 valence electrons. The number of carbonyl (C=O) groups excluding carboxylic acids is 2. The Balaban J connectivity index is 1.73. The van der Waals surface area contributed by atoms with E-state index in [-0.39, 0.29) is 23.8 Å². The summed E-state index contributed by atoms with van der Waals surface area (Å²) < 4.78 is 1.36. The Hall–Kier alpha value is -3.15. The average Bonchev–Trinajstić information content (AvgIpc) is 3.27. The number of nitrogens with zero attached hydrogens (tertiary/aromatic N) is 2. The summed E-state index contributed by atoms with van der Waals surface area (Å²) >= 11 is 0. The van der Waals surface area contributed by atoms with Gasteiger partial charge in [0.2, 0.25) is 5.91 Å². The SMILES string of the molecule is N#C[C@H](C[C@@H]1CCCC1=O)NC(=O)C1CCc2ccc(NCC(=O)O)c(=O)n21. The number of carboxylic acid groups (broad SMARTS) is 1. The molecule has 9 heteroatoms. The molecule has 3 N–H and O–H groups in total. The van der Waals surface area contributed by atoms with E-state index in [4.69, 9.17) is 5.11 Å². The van der Waals surface area contributed by atoms with Crippen LogP contribution in [-0.4, -0.2) is 39.9 Å². The number of Topliss-reactive ketones (excluding diaryl/α,β-unsaturated/α-hetero) is 1. The molecule has 2 heterocycles. The maximum absolute atomic E-state index is 12.7. The number of carbonyl (C=O) groups is 3. The highest BCUT2D eigenvalue weighted by Gasteiger charge is 2.33. The standard InChI is InChI=1S/C19H22N4O5/c20-9-12(8-11-2-1-3-16(11)24)22-18(27)15-7-5-13-4-6-14(19(28)23(13)15)21-10-17(25)26/h4,6,11-12,15,21H,1-3,5,7-8,10H2,(H,22,27)(H,25,26)/t11-,12-,15?/m0/s1. The monoisotopic (exact) mass is 386 g/mol. The molecule has 1 fully saturated rings. The van der Waals surface area contributed by atoms with Crippen LogP contribution in [0.2, 0.25) is 0 Å². The van der Waals surface area contributed by atoms with Gasteiger partial charge in [-0.25, -0.2) is 0 Å². The Morgan fingerprint density at radius 1 is 1.29 bits per heavy atom. The van der Waals surface area contributed by atoms with Crippen molar-refractivity contribution in [3.05, 3.63) is 28.2 Å². The molecular formula is C19H22N4O5. The van der Waals surface area contributed by atoms with Gasteiger partial charge in [-0.2, -0.15) is 5.26 Å². The van der Waals surface area contributed by atoms with Gasteiger partial charge < -0.3 is 15.7 Å². The maximum atomic E-state index is 12.7. The van der Waals surface area contributed by atoms with Crippen molar-refractivity contribution in [2.45, 2.75) is 50.6 Å². The molecule has 1 amide bonds. The van der Waals surface area contributed by atoms with Crippen molar-refractivity contribution in [2.75, 3.05) is 11.9 Å². The van der Waals surface area contributed by atoms with Gasteiger partial charge >= 0.3 is 5.97 Å². The Bertz CT molecular complexity index is 901. The molecule has 3 atom stereocenters. The van der Waals surface area contributed by atoms with Gasteiger partial charge in [0.1, 0.15) is 30.1 Å². The zero-order valence-electron chi connectivity index (χ0n) is 15.3. The highest BCUT2D eigenvalue weighted by molar-refractivity contribution is 5.84. The van der Waals surface area contributed by atoms with E-state index in [0.29, 0.717) is 25.0 Å². The number of carboxylic acids is 1. The summed E-state index contributed by atoms with van der Waals surface area (Å²) in [5.41, 5.74) is 0.334. The first-order valence-corrected chi connectivity index (χ1v) is 9.33. The topological polar surface area (TPSA) is 141 Å². The van der Waals surface area contributed by atoms with Crippen LogP contribution in [0.5, 0.6) is 0 Å². The second-order valence-electron chi connectivity index (χ2n) is 7.20. The van der Waals surface area contributed by atoms with E-state index in [1.807, 2.05) is 6.07 Å². The first-order chi connectivity index (χ1) is 13.4. The van der Waals surface area contributed by atoms with E-state index in [2.05, 4.69) is 10.6 Å². The highest BCUT2D eigenvalue weighted by Crippen LogP contribution is 2.27. The van der Waals surface area contributed by atoms with Crippen LogP contribution in [0.1, 0.15) is 43.8 Å². The fraction of sp³-hybridized carbons (Fsp3) is 0.526. The van der Waals surface area contributed by atoms with Crippen LogP contribution in [0.3, 0.4) is 0 Å². The van der Waals surface area contributed by atoms with E-state index >= 15 is 0 Å².